The summed E-state index contributed by atoms with van der Waals surface area (Å²) in [6.07, 6.45) is -0.667. The van der Waals surface area contributed by atoms with Gasteiger partial charge in [-0.05, 0) is 35.9 Å². The lowest BCUT2D eigenvalue weighted by atomic mass is 10.1. The number of hydrogen-bond donors (Lipinski definition) is 3. The van der Waals surface area contributed by atoms with Gasteiger partial charge < -0.3 is 34.4 Å². The first kappa shape index (κ1) is 25.4. The number of rotatable bonds is 13. The van der Waals surface area contributed by atoms with Crippen LogP contribution in [-0.4, -0.2) is 49.6 Å². The van der Waals surface area contributed by atoms with Crippen molar-refractivity contribution in [2.45, 2.75) is 12.7 Å². The molecule has 0 aliphatic heterocycles. The maximum absolute atomic E-state index is 10.5. The van der Waals surface area contributed by atoms with Gasteiger partial charge in [-0.25, -0.2) is 0 Å². The van der Waals surface area contributed by atoms with Crippen LogP contribution in [0.25, 0.3) is 21.8 Å². The van der Waals surface area contributed by atoms with Crippen molar-refractivity contribution in [1.29, 1.82) is 0 Å². The van der Waals surface area contributed by atoms with E-state index < -0.39 is 6.10 Å². The molecular formula is C31H32N2O5. The highest BCUT2D eigenvalue weighted by atomic mass is 16.5. The van der Waals surface area contributed by atoms with E-state index in [0.717, 1.165) is 33.1 Å². The van der Waals surface area contributed by atoms with E-state index in [1.807, 2.05) is 84.9 Å². The molecule has 4 aromatic carbocycles. The predicted molar refractivity (Wildman–Crippen MR) is 149 cm³/mol. The van der Waals surface area contributed by atoms with Gasteiger partial charge in [-0.1, -0.05) is 54.6 Å². The van der Waals surface area contributed by atoms with Crippen molar-refractivity contribution in [1.82, 2.24) is 10.3 Å². The monoisotopic (exact) mass is 512 g/mol. The molecule has 38 heavy (non-hydrogen) atoms. The maximum atomic E-state index is 10.5. The van der Waals surface area contributed by atoms with E-state index in [-0.39, 0.29) is 6.61 Å². The summed E-state index contributed by atoms with van der Waals surface area (Å²) in [5.41, 5.74) is 3.17. The third-order valence-corrected chi connectivity index (χ3v) is 6.22. The van der Waals surface area contributed by atoms with Crippen molar-refractivity contribution in [2.24, 2.45) is 0 Å². The Bertz CT molecular complexity index is 1470. The normalized spacial score (nSPS) is 11.9. The highest BCUT2D eigenvalue weighted by Gasteiger charge is 2.12. The van der Waals surface area contributed by atoms with Crippen LogP contribution in [0.4, 0.5) is 0 Å². The highest BCUT2D eigenvalue weighted by molar-refractivity contribution is 6.10. The van der Waals surface area contributed by atoms with Crippen molar-refractivity contribution in [2.75, 3.05) is 33.4 Å². The Morgan fingerprint density at radius 1 is 0.789 bits per heavy atom. The molecule has 7 nitrogen and oxygen atoms in total. The molecule has 5 rings (SSSR count). The third kappa shape index (κ3) is 6.19. The van der Waals surface area contributed by atoms with Crippen molar-refractivity contribution >= 4 is 21.8 Å². The molecule has 0 saturated heterocycles. The Morgan fingerprint density at radius 3 is 2.47 bits per heavy atom. The molecule has 1 heterocycles. The van der Waals surface area contributed by atoms with Crippen LogP contribution in [0.5, 0.6) is 23.0 Å². The molecule has 0 bridgehead atoms. The number of ether oxygens (including phenoxy) is 4. The van der Waals surface area contributed by atoms with Gasteiger partial charge in [0.25, 0.3) is 0 Å². The highest BCUT2D eigenvalue weighted by Crippen LogP contribution is 2.33. The Labute approximate surface area is 221 Å². The average Bonchev–Trinajstić information content (AvgIpc) is 3.35. The molecule has 3 N–H and O–H groups in total. The molecule has 0 radical (unpaired) electrons. The topological polar surface area (TPSA) is 85.0 Å². The first-order chi connectivity index (χ1) is 18.7. The lowest BCUT2D eigenvalue weighted by Gasteiger charge is -2.15. The molecule has 0 aliphatic rings. The quantitative estimate of drug-likeness (QED) is 0.185. The van der Waals surface area contributed by atoms with Crippen molar-refractivity contribution in [3.8, 4) is 23.0 Å². The van der Waals surface area contributed by atoms with Crippen molar-refractivity contribution in [3.63, 3.8) is 0 Å². The molecule has 196 valence electrons. The summed E-state index contributed by atoms with van der Waals surface area (Å²) in [6, 6.07) is 29.6. The van der Waals surface area contributed by atoms with Crippen LogP contribution in [0.3, 0.4) is 0 Å². The predicted octanol–water partition coefficient (Wildman–Crippen LogP) is 5.32. The summed E-state index contributed by atoms with van der Waals surface area (Å²) in [5, 5.41) is 15.8. The Morgan fingerprint density at radius 2 is 1.61 bits per heavy atom. The van der Waals surface area contributed by atoms with Gasteiger partial charge in [-0.3, -0.25) is 0 Å². The molecule has 0 fully saturated rings. The lowest BCUT2D eigenvalue weighted by molar-refractivity contribution is 0.106. The fraction of sp³-hybridized carbons (Fsp3) is 0.226. The van der Waals surface area contributed by atoms with Gasteiger partial charge in [0, 0.05) is 35.4 Å². The zero-order chi connectivity index (χ0) is 26.2. The van der Waals surface area contributed by atoms with E-state index in [0.29, 0.717) is 43.6 Å². The average molecular weight is 513 g/mol. The van der Waals surface area contributed by atoms with Crippen LogP contribution in [-0.2, 0) is 6.61 Å². The van der Waals surface area contributed by atoms with Gasteiger partial charge in [-0.15, -0.1) is 0 Å². The van der Waals surface area contributed by atoms with Crippen LogP contribution in [0.15, 0.2) is 91.0 Å². The Balaban J connectivity index is 1.08. The lowest BCUT2D eigenvalue weighted by Crippen LogP contribution is -2.33. The number of aliphatic hydroxyl groups excluding tert-OH is 1. The summed E-state index contributed by atoms with van der Waals surface area (Å²) in [7, 11) is 1.61. The number of para-hydroxylation sites is 1. The molecule has 1 aromatic heterocycles. The fourth-order valence-electron chi connectivity index (χ4n) is 4.34. The number of nitrogens with one attached hydrogen (secondary N) is 2. The number of benzene rings is 4. The van der Waals surface area contributed by atoms with Crippen LogP contribution in [0, 0.1) is 0 Å². The minimum atomic E-state index is -0.667. The van der Waals surface area contributed by atoms with Gasteiger partial charge in [0.1, 0.15) is 37.4 Å². The molecule has 1 atom stereocenters. The standard InChI is InChI=1S/C31H32N2O5/c1-35-28-15-14-24(37-20-22-8-3-2-4-9-22)18-30(28)36-17-16-32-19-23(34)21-38-29-13-7-12-27-31(29)25-10-5-6-11-26(25)33-27/h2-15,18,23,32-34H,16-17,19-21H2,1H3/t23-/m1/s1. The molecule has 5 aromatic rings. The number of H-pyrrole nitrogens is 1. The second-order valence-electron chi connectivity index (χ2n) is 8.95. The Hall–Kier alpha value is -4.20. The van der Waals surface area contributed by atoms with Gasteiger partial charge in [0.15, 0.2) is 11.5 Å². The van der Waals surface area contributed by atoms with E-state index in [1.165, 1.54) is 0 Å². The molecule has 7 heteroatoms. The Kier molecular flexibility index (Phi) is 8.28. The number of fused-ring (bicyclic) bond motifs is 3. The summed E-state index contributed by atoms with van der Waals surface area (Å²) in [4.78, 5) is 3.41. The zero-order valence-corrected chi connectivity index (χ0v) is 21.4. The van der Waals surface area contributed by atoms with Crippen LogP contribution in [0.2, 0.25) is 0 Å². The molecular weight excluding hydrogens is 480 g/mol. The third-order valence-electron chi connectivity index (χ3n) is 6.22. The van der Waals surface area contributed by atoms with Gasteiger partial charge in [-0.2, -0.15) is 0 Å². The van der Waals surface area contributed by atoms with Crippen molar-refractivity contribution in [3.05, 3.63) is 96.6 Å². The molecule has 0 amide bonds. The summed E-state index contributed by atoms with van der Waals surface area (Å²) in [6.45, 7) is 1.99. The summed E-state index contributed by atoms with van der Waals surface area (Å²) < 4.78 is 23.3. The molecule has 0 saturated carbocycles. The first-order valence-electron chi connectivity index (χ1n) is 12.7. The molecule has 0 spiro atoms. The number of hydrogen-bond acceptors (Lipinski definition) is 6. The zero-order valence-electron chi connectivity index (χ0n) is 21.4. The van der Waals surface area contributed by atoms with E-state index in [9.17, 15) is 5.11 Å². The van der Waals surface area contributed by atoms with Gasteiger partial charge in [0.05, 0.1) is 12.6 Å². The number of aliphatic hydroxyl groups is 1. The number of methoxy groups -OCH3 is 1. The SMILES string of the molecule is COc1ccc(OCc2ccccc2)cc1OCCNC[C@@H](O)COc1cccc2[nH]c3ccccc3c12. The van der Waals surface area contributed by atoms with Crippen LogP contribution in [0.1, 0.15) is 5.56 Å². The molecule has 0 unspecified atom stereocenters. The van der Waals surface area contributed by atoms with Crippen molar-refractivity contribution < 1.29 is 24.1 Å². The van der Waals surface area contributed by atoms with Crippen LogP contribution >= 0.6 is 0 Å². The maximum Gasteiger partial charge on any atom is 0.164 e. The van der Waals surface area contributed by atoms with E-state index in [1.54, 1.807) is 7.11 Å². The number of aromatic amines is 1. The van der Waals surface area contributed by atoms with E-state index in [4.69, 9.17) is 18.9 Å². The van der Waals surface area contributed by atoms with Crippen LogP contribution < -0.4 is 24.3 Å². The van der Waals surface area contributed by atoms with E-state index in [2.05, 4.69) is 16.4 Å². The first-order valence-corrected chi connectivity index (χ1v) is 12.7. The summed E-state index contributed by atoms with van der Waals surface area (Å²) >= 11 is 0. The second kappa shape index (κ2) is 12.4. The van der Waals surface area contributed by atoms with E-state index >= 15 is 0 Å². The molecule has 0 aliphatic carbocycles. The van der Waals surface area contributed by atoms with Gasteiger partial charge >= 0.3 is 0 Å². The summed E-state index contributed by atoms with van der Waals surface area (Å²) in [5.74, 6) is 2.70. The smallest absolute Gasteiger partial charge is 0.164 e. The second-order valence-corrected chi connectivity index (χ2v) is 8.95. The number of aromatic nitrogens is 1. The minimum absolute atomic E-state index is 0.182. The minimum Gasteiger partial charge on any atom is -0.493 e. The largest absolute Gasteiger partial charge is 0.493 e. The van der Waals surface area contributed by atoms with Gasteiger partial charge in [0.2, 0.25) is 0 Å². The fourth-order valence-corrected chi connectivity index (χ4v) is 4.34.